The zero-order valence-corrected chi connectivity index (χ0v) is 14.5. The lowest BCUT2D eigenvalue weighted by Gasteiger charge is -2.31. The first-order valence-corrected chi connectivity index (χ1v) is 7.57. The first kappa shape index (κ1) is 16.9. The summed E-state index contributed by atoms with van der Waals surface area (Å²) in [5, 5.41) is 0. The normalized spacial score (nSPS) is 12.9. The van der Waals surface area contributed by atoms with Crippen molar-refractivity contribution in [1.82, 2.24) is 0 Å². The molecule has 1 atom stereocenters. The van der Waals surface area contributed by atoms with E-state index in [0.29, 0.717) is 5.92 Å². The molecule has 0 saturated carbocycles. The van der Waals surface area contributed by atoms with Gasteiger partial charge in [0.1, 0.15) is 0 Å². The van der Waals surface area contributed by atoms with Crippen LogP contribution in [0.15, 0.2) is 36.4 Å². The first-order valence-electron chi connectivity index (χ1n) is 7.16. The summed E-state index contributed by atoms with van der Waals surface area (Å²) in [5.74, 6) is 0.334. The Labute approximate surface area is 129 Å². The molecule has 0 heterocycles. The van der Waals surface area contributed by atoms with Gasteiger partial charge in [0.25, 0.3) is 0 Å². The van der Waals surface area contributed by atoms with Crippen LogP contribution >= 0.6 is 12.2 Å². The fourth-order valence-electron chi connectivity index (χ4n) is 2.46. The molecule has 0 bridgehead atoms. The van der Waals surface area contributed by atoms with E-state index in [4.69, 9.17) is 12.2 Å². The van der Waals surface area contributed by atoms with E-state index in [2.05, 4.69) is 77.4 Å². The maximum absolute atomic E-state index is 5.67. The highest BCUT2D eigenvalue weighted by Gasteiger charge is 2.22. The van der Waals surface area contributed by atoms with E-state index in [-0.39, 0.29) is 5.41 Å². The number of hydrogen-bond acceptors (Lipinski definition) is 1. The third kappa shape index (κ3) is 4.17. The third-order valence-corrected chi connectivity index (χ3v) is 4.16. The van der Waals surface area contributed by atoms with Gasteiger partial charge in [-0.2, -0.15) is 0 Å². The van der Waals surface area contributed by atoms with Crippen molar-refractivity contribution >= 4 is 22.9 Å². The summed E-state index contributed by atoms with van der Waals surface area (Å²) in [6.45, 7) is 14.9. The van der Waals surface area contributed by atoms with E-state index >= 15 is 0 Å². The fraction of sp³-hybridized carbons (Fsp3) is 0.500. The topological polar surface area (TPSA) is 3.24 Å². The van der Waals surface area contributed by atoms with E-state index in [1.165, 1.54) is 16.8 Å². The highest BCUT2D eigenvalue weighted by Crippen LogP contribution is 2.32. The van der Waals surface area contributed by atoms with Crippen LogP contribution < -0.4 is 4.90 Å². The molecule has 1 aromatic rings. The monoisotopic (exact) mass is 289 g/mol. The summed E-state index contributed by atoms with van der Waals surface area (Å²) in [7, 11) is 2.07. The van der Waals surface area contributed by atoms with E-state index in [1.54, 1.807) is 0 Å². The Hall–Kier alpha value is -1.15. The molecule has 0 spiro atoms. The van der Waals surface area contributed by atoms with E-state index in [9.17, 15) is 0 Å². The molecule has 0 aromatic heterocycles. The molecule has 0 aliphatic heterocycles. The smallest absolute Gasteiger partial charge is 0.0852 e. The zero-order chi connectivity index (χ0) is 15.5. The van der Waals surface area contributed by atoms with E-state index in [0.717, 1.165) is 11.4 Å². The van der Waals surface area contributed by atoms with Crippen LogP contribution in [0.1, 0.15) is 46.6 Å². The van der Waals surface area contributed by atoms with Crippen molar-refractivity contribution in [3.8, 4) is 0 Å². The van der Waals surface area contributed by atoms with Gasteiger partial charge in [-0.1, -0.05) is 63.7 Å². The second-order valence-corrected chi connectivity index (χ2v) is 7.14. The Kier molecular flexibility index (Phi) is 5.52. The van der Waals surface area contributed by atoms with Gasteiger partial charge in [-0.05, 0) is 30.4 Å². The van der Waals surface area contributed by atoms with E-state index < -0.39 is 0 Å². The van der Waals surface area contributed by atoms with Crippen LogP contribution in [0, 0.1) is 5.92 Å². The number of hydrogen-bond donors (Lipinski definition) is 0. The van der Waals surface area contributed by atoms with Gasteiger partial charge in [0.05, 0.1) is 4.99 Å². The molecular formula is C18H27NS. The summed E-state index contributed by atoms with van der Waals surface area (Å²) in [4.78, 5) is 3.13. The number of allylic oxidation sites excluding steroid dienone is 1. The molecule has 110 valence electrons. The van der Waals surface area contributed by atoms with Gasteiger partial charge in [-0.15, -0.1) is 6.58 Å². The van der Waals surface area contributed by atoms with Crippen LogP contribution in [-0.4, -0.2) is 12.0 Å². The van der Waals surface area contributed by atoms with Crippen molar-refractivity contribution in [2.45, 2.75) is 46.5 Å². The number of nitrogens with zero attached hydrogens (tertiary/aromatic N) is 1. The summed E-state index contributed by atoms with van der Waals surface area (Å²) < 4.78 is 0. The van der Waals surface area contributed by atoms with Crippen molar-refractivity contribution in [2.24, 2.45) is 5.92 Å². The minimum Gasteiger partial charge on any atom is -0.339 e. The number of rotatable bonds is 4. The Morgan fingerprint density at radius 2 is 1.85 bits per heavy atom. The predicted octanol–water partition coefficient (Wildman–Crippen LogP) is 5.35. The quantitative estimate of drug-likeness (QED) is 0.543. The summed E-state index contributed by atoms with van der Waals surface area (Å²) in [6.07, 6.45) is 0.945. The number of benzene rings is 1. The van der Waals surface area contributed by atoms with Crippen LogP contribution in [0.5, 0.6) is 0 Å². The van der Waals surface area contributed by atoms with Gasteiger partial charge in [-0.3, -0.25) is 0 Å². The van der Waals surface area contributed by atoms with Crippen LogP contribution in [0.3, 0.4) is 0 Å². The lowest BCUT2D eigenvalue weighted by Crippen LogP contribution is -2.32. The van der Waals surface area contributed by atoms with Gasteiger partial charge in [0.2, 0.25) is 0 Å². The highest BCUT2D eigenvalue weighted by atomic mass is 32.1. The van der Waals surface area contributed by atoms with E-state index in [1.807, 2.05) is 0 Å². The predicted molar refractivity (Wildman–Crippen MR) is 94.7 cm³/mol. The fourth-order valence-corrected chi connectivity index (χ4v) is 2.64. The molecule has 0 aliphatic carbocycles. The largest absolute Gasteiger partial charge is 0.339 e. The van der Waals surface area contributed by atoms with Gasteiger partial charge in [0.15, 0.2) is 0 Å². The molecule has 1 nitrogen and oxygen atoms in total. The zero-order valence-electron chi connectivity index (χ0n) is 13.7. The molecule has 0 saturated heterocycles. The van der Waals surface area contributed by atoms with Crippen molar-refractivity contribution < 1.29 is 0 Å². The molecule has 0 aliphatic rings. The molecular weight excluding hydrogens is 262 g/mol. The molecule has 0 N–H and O–H groups in total. The molecule has 20 heavy (non-hydrogen) atoms. The van der Waals surface area contributed by atoms with Crippen LogP contribution in [0.4, 0.5) is 5.69 Å². The Morgan fingerprint density at radius 3 is 2.35 bits per heavy atom. The molecule has 1 rings (SSSR count). The molecule has 0 fully saturated rings. The molecule has 0 radical (unpaired) electrons. The molecule has 2 heteroatoms. The number of anilines is 1. The second-order valence-electron chi connectivity index (χ2n) is 6.73. The molecule has 1 aromatic carbocycles. The second kappa shape index (κ2) is 6.53. The summed E-state index contributed by atoms with van der Waals surface area (Å²) in [6, 6.07) is 8.52. The average Bonchev–Trinajstić information content (AvgIpc) is 2.35. The SMILES string of the molecule is C=C(C)C[C@@H](C)C(=S)N(C)c1ccccc1C(C)(C)C. The van der Waals surface area contributed by atoms with Gasteiger partial charge < -0.3 is 4.90 Å². The maximum atomic E-state index is 5.67. The van der Waals surface area contributed by atoms with Crippen molar-refractivity contribution in [2.75, 3.05) is 11.9 Å². The molecule has 0 amide bonds. The lowest BCUT2D eigenvalue weighted by molar-refractivity contribution is 0.590. The van der Waals surface area contributed by atoms with Gasteiger partial charge in [0, 0.05) is 18.7 Å². The van der Waals surface area contributed by atoms with Crippen LogP contribution in [0.25, 0.3) is 0 Å². The number of thiocarbonyl (C=S) groups is 1. The van der Waals surface area contributed by atoms with Crippen LogP contribution in [0.2, 0.25) is 0 Å². The first-order chi connectivity index (χ1) is 9.14. The lowest BCUT2D eigenvalue weighted by atomic mass is 9.85. The van der Waals surface area contributed by atoms with Crippen molar-refractivity contribution in [1.29, 1.82) is 0 Å². The molecule has 0 unspecified atom stereocenters. The number of para-hydroxylation sites is 1. The summed E-state index contributed by atoms with van der Waals surface area (Å²) in [5.41, 5.74) is 3.82. The minimum absolute atomic E-state index is 0.109. The van der Waals surface area contributed by atoms with Crippen molar-refractivity contribution in [3.05, 3.63) is 42.0 Å². The average molecular weight is 289 g/mol. The minimum atomic E-state index is 0.109. The Morgan fingerprint density at radius 1 is 1.30 bits per heavy atom. The Bertz CT molecular complexity index is 496. The van der Waals surface area contributed by atoms with Crippen LogP contribution in [-0.2, 0) is 5.41 Å². The van der Waals surface area contributed by atoms with Crippen molar-refractivity contribution in [3.63, 3.8) is 0 Å². The third-order valence-electron chi connectivity index (χ3n) is 3.48. The van der Waals surface area contributed by atoms with Gasteiger partial charge >= 0.3 is 0 Å². The highest BCUT2D eigenvalue weighted by molar-refractivity contribution is 7.80. The van der Waals surface area contributed by atoms with Gasteiger partial charge in [-0.25, -0.2) is 0 Å². The summed E-state index contributed by atoms with van der Waals surface area (Å²) >= 11 is 5.67. The maximum Gasteiger partial charge on any atom is 0.0852 e. The Balaban J connectivity index is 3.06. The standard InChI is InChI=1S/C18H27NS/c1-13(2)12-14(3)17(20)19(7)16-11-9-8-10-15(16)18(4,5)6/h8-11,14H,1,12H2,2-7H3/t14-/m1/s1.